The first-order chi connectivity index (χ1) is 14.2. The van der Waals surface area contributed by atoms with E-state index in [4.69, 9.17) is 9.72 Å². The van der Waals surface area contributed by atoms with Crippen LogP contribution in [0.5, 0.6) is 5.75 Å². The summed E-state index contributed by atoms with van der Waals surface area (Å²) in [5.74, 6) is 1.43. The average Bonchev–Trinajstić information content (AvgIpc) is 2.73. The second-order valence-corrected chi connectivity index (χ2v) is 7.41. The predicted molar refractivity (Wildman–Crippen MR) is 112 cm³/mol. The molecule has 1 aromatic heterocycles. The van der Waals surface area contributed by atoms with Crippen molar-refractivity contribution in [2.24, 2.45) is 0 Å². The average molecular weight is 391 g/mol. The number of amides is 1. The van der Waals surface area contributed by atoms with Gasteiger partial charge in [0, 0.05) is 25.1 Å². The number of carbonyl (C=O) groups excluding carboxylic acids is 1. The Morgan fingerprint density at radius 1 is 1.10 bits per heavy atom. The number of aryl methyl sites for hydroxylation is 1. The first-order valence-corrected chi connectivity index (χ1v) is 10.1. The van der Waals surface area contributed by atoms with E-state index in [1.165, 1.54) is 6.42 Å². The molecule has 4 rings (SSSR count). The number of hydrogen-bond acceptors (Lipinski definition) is 4. The standard InChI is InChI=1S/C23H25N3O3/c1-29-18-10-7-16(8-11-18)15-24-22(27)17-9-12-19-20(14-17)25-21-6-4-2-3-5-13-26(21)23(19)28/h7-12,14H,2-6,13,15H2,1H3,(H,24,27). The summed E-state index contributed by atoms with van der Waals surface area (Å²) in [5, 5.41) is 3.49. The van der Waals surface area contributed by atoms with Gasteiger partial charge in [-0.05, 0) is 48.7 Å². The van der Waals surface area contributed by atoms with Crippen molar-refractivity contribution in [3.05, 3.63) is 69.8 Å². The Kier molecular flexibility index (Phi) is 5.60. The molecule has 1 aliphatic rings. The van der Waals surface area contributed by atoms with Crippen LogP contribution in [0.15, 0.2) is 47.3 Å². The van der Waals surface area contributed by atoms with E-state index in [1.54, 1.807) is 25.3 Å². The fourth-order valence-corrected chi connectivity index (χ4v) is 3.76. The summed E-state index contributed by atoms with van der Waals surface area (Å²) in [4.78, 5) is 30.2. The molecular formula is C23H25N3O3. The Balaban J connectivity index is 1.56. The monoisotopic (exact) mass is 391 g/mol. The first-order valence-electron chi connectivity index (χ1n) is 10.1. The largest absolute Gasteiger partial charge is 0.497 e. The van der Waals surface area contributed by atoms with E-state index in [9.17, 15) is 9.59 Å². The minimum absolute atomic E-state index is 0.00269. The van der Waals surface area contributed by atoms with Crippen LogP contribution in [0.3, 0.4) is 0 Å². The molecule has 2 heterocycles. The molecule has 6 nitrogen and oxygen atoms in total. The number of nitrogens with one attached hydrogen (secondary N) is 1. The van der Waals surface area contributed by atoms with Gasteiger partial charge in [0.05, 0.1) is 18.0 Å². The lowest BCUT2D eigenvalue weighted by Crippen LogP contribution is -2.27. The van der Waals surface area contributed by atoms with Gasteiger partial charge in [-0.3, -0.25) is 14.2 Å². The fraction of sp³-hybridized carbons (Fsp3) is 0.348. The Labute approximate surface area is 169 Å². The predicted octanol–water partition coefficient (Wildman–Crippen LogP) is 3.45. The maximum atomic E-state index is 12.9. The van der Waals surface area contributed by atoms with Crippen LogP contribution in [-0.4, -0.2) is 22.6 Å². The third-order valence-corrected chi connectivity index (χ3v) is 5.44. The number of ether oxygens (including phenoxy) is 1. The summed E-state index contributed by atoms with van der Waals surface area (Å²) in [6.07, 6.45) is 5.17. The van der Waals surface area contributed by atoms with Gasteiger partial charge in [0.1, 0.15) is 11.6 Å². The Morgan fingerprint density at radius 2 is 1.90 bits per heavy atom. The van der Waals surface area contributed by atoms with Crippen molar-refractivity contribution in [2.75, 3.05) is 7.11 Å². The van der Waals surface area contributed by atoms with Crippen molar-refractivity contribution in [1.29, 1.82) is 0 Å². The molecular weight excluding hydrogens is 366 g/mol. The van der Waals surface area contributed by atoms with E-state index in [-0.39, 0.29) is 11.5 Å². The third kappa shape index (κ3) is 4.16. The molecule has 0 unspecified atom stereocenters. The molecule has 0 saturated heterocycles. The van der Waals surface area contributed by atoms with Crippen LogP contribution in [0.4, 0.5) is 0 Å². The highest BCUT2D eigenvalue weighted by Crippen LogP contribution is 2.17. The van der Waals surface area contributed by atoms with Gasteiger partial charge in [-0.25, -0.2) is 4.98 Å². The minimum Gasteiger partial charge on any atom is -0.497 e. The molecule has 3 aromatic rings. The molecule has 0 atom stereocenters. The van der Waals surface area contributed by atoms with Crippen LogP contribution in [0.1, 0.15) is 47.4 Å². The number of fused-ring (bicyclic) bond motifs is 2. The molecule has 0 bridgehead atoms. The number of benzene rings is 2. The maximum Gasteiger partial charge on any atom is 0.261 e. The molecule has 2 aromatic carbocycles. The Morgan fingerprint density at radius 3 is 2.69 bits per heavy atom. The van der Waals surface area contributed by atoms with Crippen LogP contribution >= 0.6 is 0 Å². The van der Waals surface area contributed by atoms with Gasteiger partial charge in [-0.1, -0.05) is 25.0 Å². The number of nitrogens with zero attached hydrogens (tertiary/aromatic N) is 2. The Bertz CT molecular complexity index is 1090. The number of aromatic nitrogens is 2. The normalized spacial score (nSPS) is 14.0. The quantitative estimate of drug-likeness (QED) is 0.739. The van der Waals surface area contributed by atoms with E-state index in [2.05, 4.69) is 5.32 Å². The van der Waals surface area contributed by atoms with Crippen molar-refractivity contribution < 1.29 is 9.53 Å². The van der Waals surface area contributed by atoms with Gasteiger partial charge >= 0.3 is 0 Å². The molecule has 150 valence electrons. The molecule has 1 N–H and O–H groups in total. The molecule has 1 aliphatic heterocycles. The second kappa shape index (κ2) is 8.47. The molecule has 29 heavy (non-hydrogen) atoms. The molecule has 0 spiro atoms. The van der Waals surface area contributed by atoms with Gasteiger partial charge < -0.3 is 10.1 Å². The summed E-state index contributed by atoms with van der Waals surface area (Å²) in [6.45, 7) is 1.14. The SMILES string of the molecule is COc1ccc(CNC(=O)c2ccc3c(=O)n4c(nc3c2)CCCCCC4)cc1. The highest BCUT2D eigenvalue weighted by atomic mass is 16.5. The lowest BCUT2D eigenvalue weighted by Gasteiger charge is -2.16. The highest BCUT2D eigenvalue weighted by Gasteiger charge is 2.15. The summed E-state index contributed by atoms with van der Waals surface area (Å²) in [5.41, 5.74) is 2.09. The lowest BCUT2D eigenvalue weighted by molar-refractivity contribution is 0.0951. The third-order valence-electron chi connectivity index (χ3n) is 5.44. The van der Waals surface area contributed by atoms with E-state index in [0.717, 1.165) is 49.4 Å². The number of rotatable bonds is 4. The zero-order valence-electron chi connectivity index (χ0n) is 16.6. The smallest absolute Gasteiger partial charge is 0.261 e. The van der Waals surface area contributed by atoms with Crippen LogP contribution in [0.2, 0.25) is 0 Å². The molecule has 1 amide bonds. The Hall–Kier alpha value is -3.15. The minimum atomic E-state index is -0.184. The fourth-order valence-electron chi connectivity index (χ4n) is 3.76. The number of hydrogen-bond donors (Lipinski definition) is 1. The van der Waals surface area contributed by atoms with Crippen LogP contribution in [-0.2, 0) is 19.5 Å². The first kappa shape index (κ1) is 19.2. The van der Waals surface area contributed by atoms with Gasteiger partial charge in [0.2, 0.25) is 0 Å². The van der Waals surface area contributed by atoms with Gasteiger partial charge in [0.25, 0.3) is 11.5 Å². The van der Waals surface area contributed by atoms with Crippen molar-refractivity contribution >= 4 is 16.8 Å². The molecule has 6 heteroatoms. The highest BCUT2D eigenvalue weighted by molar-refractivity contribution is 5.97. The maximum absolute atomic E-state index is 12.9. The van der Waals surface area contributed by atoms with E-state index < -0.39 is 0 Å². The topological polar surface area (TPSA) is 73.2 Å². The van der Waals surface area contributed by atoms with Crippen LogP contribution in [0.25, 0.3) is 10.9 Å². The van der Waals surface area contributed by atoms with Gasteiger partial charge in [0.15, 0.2) is 0 Å². The number of carbonyl (C=O) groups is 1. The summed E-state index contributed by atoms with van der Waals surface area (Å²) in [7, 11) is 1.62. The molecule has 0 saturated carbocycles. The van der Waals surface area contributed by atoms with E-state index in [1.807, 2.05) is 28.8 Å². The molecule has 0 aliphatic carbocycles. The van der Waals surface area contributed by atoms with Crippen LogP contribution in [0, 0.1) is 0 Å². The van der Waals surface area contributed by atoms with Crippen molar-refractivity contribution in [3.63, 3.8) is 0 Å². The lowest BCUT2D eigenvalue weighted by atomic mass is 10.1. The summed E-state index contributed by atoms with van der Waals surface area (Å²) in [6, 6.07) is 12.7. The van der Waals surface area contributed by atoms with Gasteiger partial charge in [-0.2, -0.15) is 0 Å². The van der Waals surface area contributed by atoms with Crippen LogP contribution < -0.4 is 15.6 Å². The van der Waals surface area contributed by atoms with Crippen molar-refractivity contribution in [1.82, 2.24) is 14.9 Å². The second-order valence-electron chi connectivity index (χ2n) is 7.41. The van der Waals surface area contributed by atoms with Crippen molar-refractivity contribution in [3.8, 4) is 5.75 Å². The zero-order valence-corrected chi connectivity index (χ0v) is 16.6. The molecule has 0 radical (unpaired) electrons. The number of methoxy groups -OCH3 is 1. The van der Waals surface area contributed by atoms with E-state index >= 15 is 0 Å². The van der Waals surface area contributed by atoms with E-state index in [0.29, 0.717) is 23.0 Å². The summed E-state index contributed by atoms with van der Waals surface area (Å²) >= 11 is 0. The molecule has 0 fully saturated rings. The van der Waals surface area contributed by atoms with Crippen molar-refractivity contribution in [2.45, 2.75) is 45.2 Å². The summed E-state index contributed by atoms with van der Waals surface area (Å²) < 4.78 is 6.96. The zero-order chi connectivity index (χ0) is 20.2. The van der Waals surface area contributed by atoms with Gasteiger partial charge in [-0.15, -0.1) is 0 Å².